The maximum absolute atomic E-state index is 5.54. The van der Waals surface area contributed by atoms with Gasteiger partial charge in [-0.25, -0.2) is 0 Å². The molecule has 1 unspecified atom stereocenters. The standard InChI is InChI=1S/C10H22O.C6H14O/c1-4-7-8-9-10(5-2)11-6-3;1-5-7-6(2,3)4/h10H,4-9H2,1-3H3;5H2,1-4H3. The number of hydrogen-bond donors (Lipinski definition) is 0. The second-order valence-corrected chi connectivity index (χ2v) is 5.53. The Morgan fingerprint density at radius 2 is 1.50 bits per heavy atom. The van der Waals surface area contributed by atoms with Gasteiger partial charge in [-0.15, -0.1) is 0 Å². The van der Waals surface area contributed by atoms with Gasteiger partial charge in [0.15, 0.2) is 0 Å². The molecule has 0 aromatic rings. The Hall–Kier alpha value is -0.0800. The van der Waals surface area contributed by atoms with Gasteiger partial charge in [0.2, 0.25) is 0 Å². The van der Waals surface area contributed by atoms with E-state index in [0.717, 1.165) is 19.6 Å². The van der Waals surface area contributed by atoms with E-state index in [1.807, 2.05) is 6.92 Å². The highest BCUT2D eigenvalue weighted by Gasteiger charge is 2.06. The molecule has 0 rings (SSSR count). The molecule has 1 atom stereocenters. The Morgan fingerprint density at radius 1 is 0.889 bits per heavy atom. The highest BCUT2D eigenvalue weighted by Crippen LogP contribution is 2.09. The number of rotatable bonds is 8. The number of hydrogen-bond acceptors (Lipinski definition) is 2. The van der Waals surface area contributed by atoms with Gasteiger partial charge in [0, 0.05) is 13.2 Å². The molecule has 0 saturated carbocycles. The van der Waals surface area contributed by atoms with Gasteiger partial charge in [-0.2, -0.15) is 0 Å². The maximum Gasteiger partial charge on any atom is 0.0598 e. The van der Waals surface area contributed by atoms with Crippen LogP contribution in [0.4, 0.5) is 0 Å². The topological polar surface area (TPSA) is 18.5 Å². The molecule has 112 valence electrons. The van der Waals surface area contributed by atoms with Gasteiger partial charge < -0.3 is 9.47 Å². The second kappa shape index (κ2) is 13.4. The second-order valence-electron chi connectivity index (χ2n) is 5.53. The quantitative estimate of drug-likeness (QED) is 0.558. The monoisotopic (exact) mass is 260 g/mol. The van der Waals surface area contributed by atoms with Crippen LogP contribution in [0.3, 0.4) is 0 Å². The molecule has 0 saturated heterocycles. The third-order valence-corrected chi connectivity index (χ3v) is 2.56. The van der Waals surface area contributed by atoms with Crippen LogP contribution in [-0.2, 0) is 9.47 Å². The van der Waals surface area contributed by atoms with Gasteiger partial charge in [0.05, 0.1) is 11.7 Å². The minimum absolute atomic E-state index is 0.0503. The summed E-state index contributed by atoms with van der Waals surface area (Å²) in [6, 6.07) is 0. The summed E-state index contributed by atoms with van der Waals surface area (Å²) in [5.41, 5.74) is 0.0503. The molecule has 2 nitrogen and oxygen atoms in total. The van der Waals surface area contributed by atoms with Crippen molar-refractivity contribution in [2.45, 2.75) is 92.3 Å². The summed E-state index contributed by atoms with van der Waals surface area (Å²) in [6.45, 7) is 16.3. The molecule has 0 bridgehead atoms. The summed E-state index contributed by atoms with van der Waals surface area (Å²) in [5, 5.41) is 0. The smallest absolute Gasteiger partial charge is 0.0598 e. The van der Waals surface area contributed by atoms with Gasteiger partial charge in [-0.3, -0.25) is 0 Å². The average molecular weight is 260 g/mol. The lowest BCUT2D eigenvalue weighted by molar-refractivity contribution is 0.00531. The molecule has 0 aromatic carbocycles. The molecule has 0 fully saturated rings. The number of ether oxygens (including phenoxy) is 2. The Morgan fingerprint density at radius 3 is 1.78 bits per heavy atom. The zero-order valence-electron chi connectivity index (χ0n) is 13.8. The van der Waals surface area contributed by atoms with Crippen molar-refractivity contribution in [2.75, 3.05) is 13.2 Å². The van der Waals surface area contributed by atoms with E-state index >= 15 is 0 Å². The normalized spacial score (nSPS) is 12.8. The van der Waals surface area contributed by atoms with Gasteiger partial charge in [-0.05, 0) is 47.5 Å². The SMILES string of the molecule is CCCCCC(CC)OCC.CCOC(C)(C)C. The Balaban J connectivity index is 0. The molecule has 18 heavy (non-hydrogen) atoms. The molecule has 0 amide bonds. The third kappa shape index (κ3) is 18.3. The van der Waals surface area contributed by atoms with Crippen LogP contribution in [0.2, 0.25) is 0 Å². The van der Waals surface area contributed by atoms with Gasteiger partial charge in [0.25, 0.3) is 0 Å². The van der Waals surface area contributed by atoms with E-state index in [1.54, 1.807) is 0 Å². The summed E-state index contributed by atoms with van der Waals surface area (Å²) in [6.07, 6.45) is 6.92. The molecular formula is C16H36O2. The first-order valence-corrected chi connectivity index (χ1v) is 7.66. The molecule has 0 N–H and O–H groups in total. The van der Waals surface area contributed by atoms with Crippen molar-refractivity contribution < 1.29 is 9.47 Å². The molecule has 0 aliphatic rings. The maximum atomic E-state index is 5.54. The molecule has 0 radical (unpaired) electrons. The van der Waals surface area contributed by atoms with Crippen LogP contribution in [0.1, 0.15) is 80.6 Å². The van der Waals surface area contributed by atoms with E-state index < -0.39 is 0 Å². The first-order valence-electron chi connectivity index (χ1n) is 7.66. The van der Waals surface area contributed by atoms with Crippen LogP contribution in [-0.4, -0.2) is 24.9 Å². The molecule has 0 aliphatic heterocycles. The fourth-order valence-corrected chi connectivity index (χ4v) is 1.70. The number of unbranched alkanes of at least 4 members (excludes halogenated alkanes) is 2. The Bertz CT molecular complexity index is 150. The van der Waals surface area contributed by atoms with Gasteiger partial charge in [0.1, 0.15) is 0 Å². The van der Waals surface area contributed by atoms with Gasteiger partial charge >= 0.3 is 0 Å². The van der Waals surface area contributed by atoms with Crippen molar-refractivity contribution in [3.05, 3.63) is 0 Å². The average Bonchev–Trinajstić information content (AvgIpc) is 2.27. The zero-order valence-corrected chi connectivity index (χ0v) is 13.8. The lowest BCUT2D eigenvalue weighted by Crippen LogP contribution is -2.18. The molecule has 0 aromatic heterocycles. The van der Waals surface area contributed by atoms with Crippen LogP contribution in [0, 0.1) is 0 Å². The van der Waals surface area contributed by atoms with E-state index in [-0.39, 0.29) is 5.60 Å². The largest absolute Gasteiger partial charge is 0.379 e. The van der Waals surface area contributed by atoms with Crippen LogP contribution < -0.4 is 0 Å². The summed E-state index contributed by atoms with van der Waals surface area (Å²) in [7, 11) is 0. The van der Waals surface area contributed by atoms with Crippen LogP contribution in [0.5, 0.6) is 0 Å². The van der Waals surface area contributed by atoms with Gasteiger partial charge in [-0.1, -0.05) is 33.1 Å². The van der Waals surface area contributed by atoms with E-state index in [1.165, 1.54) is 25.7 Å². The van der Waals surface area contributed by atoms with Crippen molar-refractivity contribution in [3.63, 3.8) is 0 Å². The first-order chi connectivity index (χ1) is 8.41. The third-order valence-electron chi connectivity index (χ3n) is 2.56. The molecule has 2 heteroatoms. The van der Waals surface area contributed by atoms with Crippen LogP contribution in [0.15, 0.2) is 0 Å². The first kappa shape index (κ1) is 20.2. The van der Waals surface area contributed by atoms with E-state index in [4.69, 9.17) is 9.47 Å². The van der Waals surface area contributed by atoms with E-state index in [2.05, 4.69) is 41.5 Å². The molecule has 0 aliphatic carbocycles. The predicted molar refractivity (Wildman–Crippen MR) is 81.2 cm³/mol. The fraction of sp³-hybridized carbons (Fsp3) is 1.00. The predicted octanol–water partition coefficient (Wildman–Crippen LogP) is 5.20. The van der Waals surface area contributed by atoms with Crippen LogP contribution in [0.25, 0.3) is 0 Å². The van der Waals surface area contributed by atoms with E-state index in [0.29, 0.717) is 6.10 Å². The minimum Gasteiger partial charge on any atom is -0.379 e. The lowest BCUT2D eigenvalue weighted by Gasteiger charge is -2.17. The molecule has 0 heterocycles. The Kier molecular flexibility index (Phi) is 15.0. The zero-order chi connectivity index (χ0) is 14.4. The Labute approximate surface area is 115 Å². The van der Waals surface area contributed by atoms with Crippen LogP contribution >= 0.6 is 0 Å². The minimum atomic E-state index is 0.0503. The summed E-state index contributed by atoms with van der Waals surface area (Å²) in [5.74, 6) is 0. The molecule has 0 spiro atoms. The van der Waals surface area contributed by atoms with Crippen molar-refractivity contribution in [2.24, 2.45) is 0 Å². The highest BCUT2D eigenvalue weighted by atomic mass is 16.5. The van der Waals surface area contributed by atoms with Crippen molar-refractivity contribution >= 4 is 0 Å². The van der Waals surface area contributed by atoms with Crippen molar-refractivity contribution in [1.29, 1.82) is 0 Å². The summed E-state index contributed by atoms with van der Waals surface area (Å²) >= 11 is 0. The molecular weight excluding hydrogens is 224 g/mol. The highest BCUT2D eigenvalue weighted by molar-refractivity contribution is 4.56. The van der Waals surface area contributed by atoms with E-state index in [9.17, 15) is 0 Å². The summed E-state index contributed by atoms with van der Waals surface area (Å²) < 4.78 is 10.8. The summed E-state index contributed by atoms with van der Waals surface area (Å²) in [4.78, 5) is 0. The van der Waals surface area contributed by atoms with Crippen molar-refractivity contribution in [1.82, 2.24) is 0 Å². The fourth-order valence-electron chi connectivity index (χ4n) is 1.70. The van der Waals surface area contributed by atoms with Crippen molar-refractivity contribution in [3.8, 4) is 0 Å². The lowest BCUT2D eigenvalue weighted by atomic mass is 10.1.